The smallest absolute Gasteiger partial charge is 0.252 e. The molecule has 0 bridgehead atoms. The second kappa shape index (κ2) is 8.61. The van der Waals surface area contributed by atoms with Crippen LogP contribution in [0.4, 0.5) is 11.6 Å². The van der Waals surface area contributed by atoms with Crippen LogP contribution in [0.5, 0.6) is 0 Å². The Hall–Kier alpha value is -4.03. The highest BCUT2D eigenvalue weighted by Gasteiger charge is 2.17. The lowest BCUT2D eigenvalue weighted by Crippen LogP contribution is -2.23. The quantitative estimate of drug-likeness (QED) is 0.461. The van der Waals surface area contributed by atoms with Crippen LogP contribution >= 0.6 is 0 Å². The molecule has 4 aromatic rings. The lowest BCUT2D eigenvalue weighted by atomic mass is 10.0. The minimum Gasteiger partial charge on any atom is -0.355 e. The number of sulfonamides is 1. The van der Waals surface area contributed by atoms with Gasteiger partial charge < -0.3 is 5.32 Å². The molecule has 2 aromatic carbocycles. The Balaban J connectivity index is 1.65. The van der Waals surface area contributed by atoms with E-state index in [0.29, 0.717) is 28.1 Å². The van der Waals surface area contributed by atoms with Crippen LogP contribution in [-0.4, -0.2) is 29.2 Å². The second-order valence-electron chi connectivity index (χ2n) is 7.31. The Labute approximate surface area is 186 Å². The van der Waals surface area contributed by atoms with E-state index in [4.69, 9.17) is 5.26 Å². The molecule has 9 heteroatoms. The number of hydrogen-bond acceptors (Lipinski definition) is 7. The summed E-state index contributed by atoms with van der Waals surface area (Å²) in [4.78, 5) is 13.2. The summed E-state index contributed by atoms with van der Waals surface area (Å²) in [6.07, 6.45) is 1.37. The van der Waals surface area contributed by atoms with Crippen molar-refractivity contribution in [2.45, 2.75) is 13.8 Å². The maximum atomic E-state index is 12.8. The van der Waals surface area contributed by atoms with E-state index in [-0.39, 0.29) is 5.82 Å². The summed E-state index contributed by atoms with van der Waals surface area (Å²) in [5.74, 6) is 0.585. The molecule has 0 saturated carbocycles. The molecule has 2 aromatic heterocycles. The number of benzene rings is 2. The highest BCUT2D eigenvalue weighted by molar-refractivity contribution is 7.92. The third-order valence-corrected chi connectivity index (χ3v) is 5.84. The van der Waals surface area contributed by atoms with E-state index in [0.717, 1.165) is 16.7 Å². The van der Waals surface area contributed by atoms with E-state index in [1.54, 1.807) is 24.3 Å². The van der Waals surface area contributed by atoms with Crippen LogP contribution in [0.2, 0.25) is 0 Å². The molecule has 0 amide bonds. The van der Waals surface area contributed by atoms with Crippen LogP contribution in [0.3, 0.4) is 0 Å². The van der Waals surface area contributed by atoms with Crippen molar-refractivity contribution in [2.24, 2.45) is 0 Å². The molecule has 2 N–H and O–H groups in total. The van der Waals surface area contributed by atoms with E-state index in [2.05, 4.69) is 25.0 Å². The number of nitriles is 1. The number of nitrogens with one attached hydrogen (secondary N) is 2. The number of nitrogens with zero attached hydrogens (tertiary/aromatic N) is 4. The molecule has 32 heavy (non-hydrogen) atoms. The van der Waals surface area contributed by atoms with E-state index in [1.807, 2.05) is 50.2 Å². The Kier molecular flexibility index (Phi) is 5.71. The van der Waals surface area contributed by atoms with E-state index >= 15 is 0 Å². The molecule has 0 aliphatic rings. The Bertz CT molecular complexity index is 1440. The maximum absolute atomic E-state index is 12.8. The number of pyridine rings is 1. The largest absolute Gasteiger partial charge is 0.355 e. The number of para-hydroxylation sites is 1. The minimum absolute atomic E-state index is 0.208. The maximum Gasteiger partial charge on any atom is 0.252 e. The highest BCUT2D eigenvalue weighted by Crippen LogP contribution is 2.27. The molecular weight excluding hydrogens is 424 g/mol. The van der Waals surface area contributed by atoms with Gasteiger partial charge in [0.25, 0.3) is 10.0 Å². The topological polar surface area (TPSA) is 121 Å². The van der Waals surface area contributed by atoms with Crippen LogP contribution in [-0.2, 0) is 10.0 Å². The van der Waals surface area contributed by atoms with Gasteiger partial charge in [-0.2, -0.15) is 5.26 Å². The van der Waals surface area contributed by atoms with Gasteiger partial charge in [-0.25, -0.2) is 23.4 Å². The third kappa shape index (κ3) is 4.66. The number of aryl methyl sites for hydroxylation is 2. The van der Waals surface area contributed by atoms with Crippen LogP contribution in [0.15, 0.2) is 60.8 Å². The molecule has 0 atom stereocenters. The van der Waals surface area contributed by atoms with Crippen molar-refractivity contribution in [1.29, 1.82) is 5.26 Å². The first-order valence-corrected chi connectivity index (χ1v) is 11.4. The second-order valence-corrected chi connectivity index (χ2v) is 9.04. The lowest BCUT2D eigenvalue weighted by Gasteiger charge is -2.13. The Morgan fingerprint density at radius 2 is 1.84 bits per heavy atom. The molecule has 4 rings (SSSR count). The number of rotatable bonds is 6. The van der Waals surface area contributed by atoms with Gasteiger partial charge in [0.1, 0.15) is 17.8 Å². The molecule has 0 spiro atoms. The van der Waals surface area contributed by atoms with Crippen LogP contribution in [0.25, 0.3) is 22.3 Å². The van der Waals surface area contributed by atoms with Gasteiger partial charge in [-0.3, -0.25) is 4.72 Å². The van der Waals surface area contributed by atoms with Gasteiger partial charge in [0, 0.05) is 17.1 Å². The summed E-state index contributed by atoms with van der Waals surface area (Å²) in [5, 5.41) is 12.2. The van der Waals surface area contributed by atoms with Crippen molar-refractivity contribution < 1.29 is 8.42 Å². The number of aromatic nitrogens is 3. The molecule has 8 nitrogen and oxygen atoms in total. The first-order chi connectivity index (χ1) is 15.3. The van der Waals surface area contributed by atoms with E-state index < -0.39 is 15.9 Å². The van der Waals surface area contributed by atoms with Gasteiger partial charge >= 0.3 is 0 Å². The normalized spacial score (nSPS) is 11.2. The molecular formula is C23H20N6O2S. The molecule has 0 radical (unpaired) electrons. The summed E-state index contributed by atoms with van der Waals surface area (Å²) in [5.41, 5.74) is 3.99. The molecule has 0 aliphatic heterocycles. The van der Waals surface area contributed by atoms with Crippen LogP contribution < -0.4 is 10.0 Å². The number of fused-ring (bicyclic) bond motifs is 1. The lowest BCUT2D eigenvalue weighted by molar-refractivity contribution is 0.602. The first-order valence-electron chi connectivity index (χ1n) is 9.79. The molecule has 2 heterocycles. The zero-order valence-corrected chi connectivity index (χ0v) is 18.3. The third-order valence-electron chi connectivity index (χ3n) is 4.81. The monoisotopic (exact) mass is 444 g/mol. The molecule has 0 unspecified atom stereocenters. The van der Waals surface area contributed by atoms with E-state index in [9.17, 15) is 8.42 Å². The summed E-state index contributed by atoms with van der Waals surface area (Å²) in [6, 6.07) is 18.3. The molecule has 160 valence electrons. The summed E-state index contributed by atoms with van der Waals surface area (Å²) in [7, 11) is -3.81. The highest BCUT2D eigenvalue weighted by atomic mass is 32.2. The number of anilines is 2. The fraction of sp³-hybridized carbons (Fsp3) is 0.130. The summed E-state index contributed by atoms with van der Waals surface area (Å²) >= 11 is 0. The van der Waals surface area contributed by atoms with Crippen molar-refractivity contribution in [2.75, 3.05) is 15.9 Å². The van der Waals surface area contributed by atoms with Crippen molar-refractivity contribution in [3.05, 3.63) is 77.5 Å². The van der Waals surface area contributed by atoms with Crippen LogP contribution in [0, 0.1) is 25.2 Å². The van der Waals surface area contributed by atoms with Crippen molar-refractivity contribution in [1.82, 2.24) is 15.0 Å². The average Bonchev–Trinajstić information content (AvgIpc) is 2.78. The molecule has 0 fully saturated rings. The Morgan fingerprint density at radius 3 is 2.56 bits per heavy atom. The standard InChI is InChI=1S/C23H20N6O2S/c1-15-7-9-18(16(2)11-15)22-27-20-6-4-3-5-19(20)23(28-22)29-32(30,31)14-26-21-10-8-17(12-24)13-25-21/h3-11,13H,14H2,1-2H3,(H,25,26)(H,27,28,29). The van der Waals surface area contributed by atoms with E-state index in [1.165, 1.54) is 6.20 Å². The zero-order valence-electron chi connectivity index (χ0n) is 17.5. The van der Waals surface area contributed by atoms with Gasteiger partial charge in [0.2, 0.25) is 0 Å². The predicted octanol–water partition coefficient (Wildman–Crippen LogP) is 3.99. The minimum atomic E-state index is -3.81. The summed E-state index contributed by atoms with van der Waals surface area (Å²) < 4.78 is 28.1. The van der Waals surface area contributed by atoms with Crippen molar-refractivity contribution in [3.8, 4) is 17.5 Å². The summed E-state index contributed by atoms with van der Waals surface area (Å²) in [6.45, 7) is 3.98. The van der Waals surface area contributed by atoms with Crippen molar-refractivity contribution >= 4 is 32.6 Å². The van der Waals surface area contributed by atoms with Crippen LogP contribution in [0.1, 0.15) is 16.7 Å². The molecule has 0 saturated heterocycles. The average molecular weight is 445 g/mol. The zero-order chi connectivity index (χ0) is 22.7. The first kappa shape index (κ1) is 21.2. The van der Waals surface area contributed by atoms with Gasteiger partial charge in [0.15, 0.2) is 11.6 Å². The number of hydrogen-bond donors (Lipinski definition) is 2. The van der Waals surface area contributed by atoms with Gasteiger partial charge in [-0.05, 0) is 43.7 Å². The van der Waals surface area contributed by atoms with Gasteiger partial charge in [-0.15, -0.1) is 0 Å². The van der Waals surface area contributed by atoms with Gasteiger partial charge in [0.05, 0.1) is 11.1 Å². The Morgan fingerprint density at radius 1 is 1.03 bits per heavy atom. The van der Waals surface area contributed by atoms with Gasteiger partial charge in [-0.1, -0.05) is 35.9 Å². The molecule has 0 aliphatic carbocycles. The fourth-order valence-electron chi connectivity index (χ4n) is 3.26. The SMILES string of the molecule is Cc1ccc(-c2nc(NS(=O)(=O)CNc3ccc(C#N)cn3)c3ccccc3n2)c(C)c1. The predicted molar refractivity (Wildman–Crippen MR) is 124 cm³/mol. The fourth-order valence-corrected chi connectivity index (χ4v) is 4.12. The van der Waals surface area contributed by atoms with Crippen molar-refractivity contribution in [3.63, 3.8) is 0 Å².